The summed E-state index contributed by atoms with van der Waals surface area (Å²) in [7, 11) is 0.706. The SMILES string of the molecule is CNC(=O)c1cccc(C(=O)N2CCS(=O)CC(C)C2)c1. The van der Waals surface area contributed by atoms with Crippen LogP contribution in [0.3, 0.4) is 0 Å². The molecule has 2 amide bonds. The van der Waals surface area contributed by atoms with Crippen LogP contribution in [0.2, 0.25) is 0 Å². The van der Waals surface area contributed by atoms with Gasteiger partial charge in [0.15, 0.2) is 0 Å². The minimum atomic E-state index is -0.852. The smallest absolute Gasteiger partial charge is 0.253 e. The van der Waals surface area contributed by atoms with Gasteiger partial charge < -0.3 is 10.2 Å². The van der Waals surface area contributed by atoms with E-state index in [0.717, 1.165) is 0 Å². The van der Waals surface area contributed by atoms with Crippen molar-refractivity contribution in [1.29, 1.82) is 0 Å². The van der Waals surface area contributed by atoms with E-state index in [4.69, 9.17) is 0 Å². The van der Waals surface area contributed by atoms with Crippen molar-refractivity contribution in [2.24, 2.45) is 5.92 Å². The normalized spacial score (nSPS) is 22.5. The lowest BCUT2D eigenvalue weighted by Gasteiger charge is -2.22. The molecular formula is C15H20N2O3S. The highest BCUT2D eigenvalue weighted by atomic mass is 32.2. The predicted molar refractivity (Wildman–Crippen MR) is 82.8 cm³/mol. The highest BCUT2D eigenvalue weighted by molar-refractivity contribution is 7.85. The molecule has 1 aromatic carbocycles. The molecule has 5 nitrogen and oxygen atoms in total. The van der Waals surface area contributed by atoms with Gasteiger partial charge in [0.25, 0.3) is 11.8 Å². The summed E-state index contributed by atoms with van der Waals surface area (Å²) in [5, 5.41) is 2.55. The van der Waals surface area contributed by atoms with Gasteiger partial charge in [-0.15, -0.1) is 0 Å². The second-order valence-electron chi connectivity index (χ2n) is 5.33. The molecule has 21 heavy (non-hydrogen) atoms. The van der Waals surface area contributed by atoms with Crippen LogP contribution in [0.5, 0.6) is 0 Å². The third-order valence-electron chi connectivity index (χ3n) is 3.48. The minimum absolute atomic E-state index is 0.105. The quantitative estimate of drug-likeness (QED) is 0.882. The van der Waals surface area contributed by atoms with E-state index >= 15 is 0 Å². The first kappa shape index (κ1) is 15.7. The number of nitrogens with one attached hydrogen (secondary N) is 1. The Balaban J connectivity index is 2.19. The molecule has 1 aliphatic heterocycles. The maximum absolute atomic E-state index is 12.6. The molecule has 0 radical (unpaired) electrons. The van der Waals surface area contributed by atoms with E-state index in [0.29, 0.717) is 35.7 Å². The first-order valence-corrected chi connectivity index (χ1v) is 8.46. The van der Waals surface area contributed by atoms with Crippen molar-refractivity contribution in [1.82, 2.24) is 10.2 Å². The number of hydrogen-bond donors (Lipinski definition) is 1. The van der Waals surface area contributed by atoms with Crippen molar-refractivity contribution >= 4 is 22.6 Å². The van der Waals surface area contributed by atoms with Gasteiger partial charge in [0, 0.05) is 53.6 Å². The second-order valence-corrected chi connectivity index (χ2v) is 6.95. The molecule has 1 aliphatic rings. The molecule has 6 heteroatoms. The number of carbonyl (C=O) groups is 2. The summed E-state index contributed by atoms with van der Waals surface area (Å²) >= 11 is 0. The standard InChI is InChI=1S/C15H20N2O3S/c1-11-9-17(6-7-21(20)10-11)15(19)13-5-3-4-12(8-13)14(18)16-2/h3-5,8,11H,6-7,9-10H2,1-2H3,(H,16,18). The number of rotatable bonds is 2. The summed E-state index contributed by atoms with van der Waals surface area (Å²) in [6.45, 7) is 3.11. The lowest BCUT2D eigenvalue weighted by Crippen LogP contribution is -2.35. The van der Waals surface area contributed by atoms with Gasteiger partial charge in [-0.2, -0.15) is 0 Å². The van der Waals surface area contributed by atoms with Crippen molar-refractivity contribution < 1.29 is 13.8 Å². The second kappa shape index (κ2) is 6.85. The van der Waals surface area contributed by atoms with Crippen LogP contribution in [-0.2, 0) is 10.8 Å². The molecule has 1 saturated heterocycles. The van der Waals surface area contributed by atoms with Gasteiger partial charge in [-0.25, -0.2) is 0 Å². The molecular weight excluding hydrogens is 288 g/mol. The summed E-state index contributed by atoms with van der Waals surface area (Å²) in [5.41, 5.74) is 0.964. The maximum Gasteiger partial charge on any atom is 0.253 e. The predicted octanol–water partition coefficient (Wildman–Crippen LogP) is 0.887. The number of hydrogen-bond acceptors (Lipinski definition) is 3. The molecule has 1 aromatic rings. The van der Waals surface area contributed by atoms with Gasteiger partial charge >= 0.3 is 0 Å². The van der Waals surface area contributed by atoms with Crippen molar-refractivity contribution in [3.05, 3.63) is 35.4 Å². The van der Waals surface area contributed by atoms with Crippen LogP contribution in [0.15, 0.2) is 24.3 Å². The maximum atomic E-state index is 12.6. The lowest BCUT2D eigenvalue weighted by molar-refractivity contribution is 0.0751. The van der Waals surface area contributed by atoms with Crippen molar-refractivity contribution in [2.75, 3.05) is 31.6 Å². The van der Waals surface area contributed by atoms with Crippen molar-refractivity contribution in [3.8, 4) is 0 Å². The third-order valence-corrected chi connectivity index (χ3v) is 5.06. The molecule has 1 N–H and O–H groups in total. The zero-order valence-electron chi connectivity index (χ0n) is 12.3. The lowest BCUT2D eigenvalue weighted by atomic mass is 10.1. The molecule has 1 fully saturated rings. The molecule has 0 bridgehead atoms. The van der Waals surface area contributed by atoms with E-state index in [2.05, 4.69) is 5.32 Å². The van der Waals surface area contributed by atoms with Gasteiger partial charge in [-0.05, 0) is 24.1 Å². The Morgan fingerprint density at radius 3 is 2.76 bits per heavy atom. The van der Waals surface area contributed by atoms with Crippen LogP contribution in [0, 0.1) is 5.92 Å². The Kier molecular flexibility index (Phi) is 5.12. The average Bonchev–Trinajstić information content (AvgIpc) is 2.66. The van der Waals surface area contributed by atoms with Gasteiger partial charge in [0.05, 0.1) is 0 Å². The summed E-state index contributed by atoms with van der Waals surface area (Å²) in [5.74, 6) is 1.06. The first-order valence-electron chi connectivity index (χ1n) is 6.97. The fourth-order valence-electron chi connectivity index (χ4n) is 2.44. The molecule has 0 spiro atoms. The molecule has 0 aliphatic carbocycles. The number of benzene rings is 1. The van der Waals surface area contributed by atoms with E-state index in [-0.39, 0.29) is 17.7 Å². The molecule has 2 rings (SSSR count). The average molecular weight is 308 g/mol. The highest BCUT2D eigenvalue weighted by Gasteiger charge is 2.23. The van der Waals surface area contributed by atoms with Gasteiger partial charge in [-0.1, -0.05) is 13.0 Å². The van der Waals surface area contributed by atoms with E-state index in [1.54, 1.807) is 36.2 Å². The van der Waals surface area contributed by atoms with Gasteiger partial charge in [0.1, 0.15) is 0 Å². The fraction of sp³-hybridized carbons (Fsp3) is 0.467. The molecule has 2 unspecified atom stereocenters. The summed E-state index contributed by atoms with van der Waals surface area (Å²) in [6, 6.07) is 6.70. The van der Waals surface area contributed by atoms with E-state index in [9.17, 15) is 13.8 Å². The van der Waals surface area contributed by atoms with Crippen molar-refractivity contribution in [3.63, 3.8) is 0 Å². The Morgan fingerprint density at radius 1 is 1.33 bits per heavy atom. The van der Waals surface area contributed by atoms with Crippen LogP contribution in [0.25, 0.3) is 0 Å². The molecule has 114 valence electrons. The third kappa shape index (κ3) is 3.91. The number of carbonyl (C=O) groups excluding carboxylic acids is 2. The zero-order chi connectivity index (χ0) is 15.4. The van der Waals surface area contributed by atoms with E-state index < -0.39 is 10.8 Å². The van der Waals surface area contributed by atoms with E-state index in [1.165, 1.54) is 0 Å². The van der Waals surface area contributed by atoms with Gasteiger partial charge in [-0.3, -0.25) is 13.8 Å². The van der Waals surface area contributed by atoms with E-state index in [1.807, 2.05) is 6.92 Å². The van der Waals surface area contributed by atoms with Gasteiger partial charge in [0.2, 0.25) is 0 Å². The minimum Gasteiger partial charge on any atom is -0.355 e. The molecule has 0 saturated carbocycles. The summed E-state index contributed by atoms with van der Waals surface area (Å²) in [4.78, 5) is 25.9. The summed E-state index contributed by atoms with van der Waals surface area (Å²) in [6.07, 6.45) is 0. The highest BCUT2D eigenvalue weighted by Crippen LogP contribution is 2.14. The van der Waals surface area contributed by atoms with Crippen LogP contribution in [0.4, 0.5) is 0 Å². The number of nitrogens with zero attached hydrogens (tertiary/aromatic N) is 1. The van der Waals surface area contributed by atoms with Crippen molar-refractivity contribution in [2.45, 2.75) is 6.92 Å². The topological polar surface area (TPSA) is 66.5 Å². The van der Waals surface area contributed by atoms with Crippen LogP contribution in [0.1, 0.15) is 27.6 Å². The van der Waals surface area contributed by atoms with Crippen LogP contribution >= 0.6 is 0 Å². The van der Waals surface area contributed by atoms with Crippen LogP contribution in [-0.4, -0.2) is 52.6 Å². The Hall–Kier alpha value is -1.69. The summed E-state index contributed by atoms with van der Waals surface area (Å²) < 4.78 is 11.7. The van der Waals surface area contributed by atoms with Crippen LogP contribution < -0.4 is 5.32 Å². The largest absolute Gasteiger partial charge is 0.355 e. The first-order chi connectivity index (χ1) is 10.0. The number of amides is 2. The zero-order valence-corrected chi connectivity index (χ0v) is 13.1. The fourth-order valence-corrected chi connectivity index (χ4v) is 3.77. The molecule has 2 atom stereocenters. The molecule has 0 aromatic heterocycles. The Labute approximate surface area is 127 Å². The molecule has 1 heterocycles. The Morgan fingerprint density at radius 2 is 2.05 bits per heavy atom. The Bertz CT molecular complexity index is 574. The monoisotopic (exact) mass is 308 g/mol.